The third kappa shape index (κ3) is 8.33. The zero-order chi connectivity index (χ0) is 41.0. The summed E-state index contributed by atoms with van der Waals surface area (Å²) in [6, 6.07) is 28.5. The van der Waals surface area contributed by atoms with Gasteiger partial charge in [-0.1, -0.05) is 66.7 Å². The van der Waals surface area contributed by atoms with E-state index in [0.29, 0.717) is 60.2 Å². The van der Waals surface area contributed by atoms with Crippen molar-refractivity contribution in [2.75, 3.05) is 18.4 Å². The summed E-state index contributed by atoms with van der Waals surface area (Å²) < 4.78 is 6.24. The number of likely N-dealkylation sites (tertiary alicyclic amines) is 2. The third-order valence-corrected chi connectivity index (χ3v) is 10.8. The molecule has 14 nitrogen and oxygen atoms in total. The molecule has 0 saturated carbocycles. The predicted molar refractivity (Wildman–Crippen MR) is 220 cm³/mol. The van der Waals surface area contributed by atoms with Gasteiger partial charge in [-0.2, -0.15) is 0 Å². The summed E-state index contributed by atoms with van der Waals surface area (Å²) in [7, 11) is 0. The van der Waals surface area contributed by atoms with E-state index in [-0.39, 0.29) is 35.6 Å². The second-order valence-corrected chi connectivity index (χ2v) is 14.9. The molecule has 0 bridgehead atoms. The van der Waals surface area contributed by atoms with Crippen LogP contribution in [0.4, 0.5) is 5.69 Å². The molecule has 4 N–H and O–H groups in total. The number of hydrogen-bond donors (Lipinski definition) is 4. The Kier molecular flexibility index (Phi) is 11.0. The summed E-state index contributed by atoms with van der Waals surface area (Å²) >= 11 is 0. The summed E-state index contributed by atoms with van der Waals surface area (Å²) in [6.45, 7) is 3.73. The van der Waals surface area contributed by atoms with Gasteiger partial charge in [0.25, 0.3) is 0 Å². The minimum atomic E-state index is -0.899. The van der Waals surface area contributed by atoms with Crippen molar-refractivity contribution in [3.05, 3.63) is 126 Å². The summed E-state index contributed by atoms with van der Waals surface area (Å²) in [5.41, 5.74) is 4.81. The first-order valence-corrected chi connectivity index (χ1v) is 19.7. The van der Waals surface area contributed by atoms with E-state index in [1.807, 2.05) is 60.7 Å². The maximum atomic E-state index is 13.9. The molecule has 2 aliphatic heterocycles. The number of benzene rings is 4. The molecule has 59 heavy (non-hydrogen) atoms. The summed E-state index contributed by atoms with van der Waals surface area (Å²) in [5, 5.41) is 8.56. The lowest BCUT2D eigenvalue weighted by molar-refractivity contribution is -0.140. The van der Waals surface area contributed by atoms with Gasteiger partial charge in [0.15, 0.2) is 5.76 Å². The number of carbonyl (C=O) groups excluding carboxylic acids is 5. The molecule has 2 aromatic heterocycles. The number of carbonyl (C=O) groups is 5. The highest BCUT2D eigenvalue weighted by Crippen LogP contribution is 2.35. The summed E-state index contributed by atoms with van der Waals surface area (Å²) in [6.07, 6.45) is 4.33. The minimum absolute atomic E-state index is 0.181. The molecule has 300 valence electrons. The maximum absolute atomic E-state index is 13.9. The Morgan fingerprint density at radius 1 is 0.729 bits per heavy atom. The topological polar surface area (TPSA) is 183 Å². The van der Waals surface area contributed by atoms with Gasteiger partial charge in [0.05, 0.1) is 23.3 Å². The number of oxazole rings is 1. The van der Waals surface area contributed by atoms with Gasteiger partial charge in [0.1, 0.15) is 23.9 Å². The van der Waals surface area contributed by atoms with E-state index >= 15 is 0 Å². The molecule has 0 unspecified atom stereocenters. The van der Waals surface area contributed by atoms with Gasteiger partial charge in [0.2, 0.25) is 35.4 Å². The molecule has 8 rings (SSSR count). The molecule has 0 aliphatic carbocycles. The lowest BCUT2D eigenvalue weighted by atomic mass is 10.0. The van der Waals surface area contributed by atoms with Gasteiger partial charge in [-0.15, -0.1) is 0 Å². The van der Waals surface area contributed by atoms with E-state index in [4.69, 9.17) is 9.40 Å². The van der Waals surface area contributed by atoms with Crippen molar-refractivity contribution in [2.45, 2.75) is 63.7 Å². The second-order valence-electron chi connectivity index (χ2n) is 14.9. The molecule has 2 saturated heterocycles. The summed E-state index contributed by atoms with van der Waals surface area (Å²) in [5.74, 6) is 0.0922. The normalized spacial score (nSPS) is 17.4. The van der Waals surface area contributed by atoms with Gasteiger partial charge in [-0.25, -0.2) is 9.97 Å². The zero-order valence-corrected chi connectivity index (χ0v) is 32.7. The highest BCUT2D eigenvalue weighted by Gasteiger charge is 2.39. The fraction of sp³-hybridized carbons (Fsp3) is 0.267. The highest BCUT2D eigenvalue weighted by atomic mass is 16.4. The van der Waals surface area contributed by atoms with Crippen LogP contribution < -0.4 is 16.0 Å². The Morgan fingerprint density at radius 3 is 2.05 bits per heavy atom. The van der Waals surface area contributed by atoms with Crippen molar-refractivity contribution in [3.8, 4) is 22.8 Å². The zero-order valence-electron chi connectivity index (χ0n) is 32.7. The molecule has 0 radical (unpaired) electrons. The number of rotatable bonds is 11. The molecule has 0 spiro atoms. The van der Waals surface area contributed by atoms with Crippen LogP contribution >= 0.6 is 0 Å². The quantitative estimate of drug-likeness (QED) is 0.119. The number of amides is 5. The van der Waals surface area contributed by atoms with Crippen LogP contribution in [0.15, 0.2) is 114 Å². The van der Waals surface area contributed by atoms with Crippen LogP contribution in [-0.4, -0.2) is 73.4 Å². The Morgan fingerprint density at radius 2 is 1.37 bits per heavy atom. The van der Waals surface area contributed by atoms with Crippen molar-refractivity contribution < 1.29 is 28.4 Å². The van der Waals surface area contributed by atoms with Gasteiger partial charge < -0.3 is 35.2 Å². The van der Waals surface area contributed by atoms with Crippen LogP contribution in [0, 0.1) is 0 Å². The number of nitrogens with zero attached hydrogens (tertiary/aromatic N) is 4. The van der Waals surface area contributed by atoms with E-state index in [0.717, 1.165) is 35.0 Å². The molecule has 6 aromatic rings. The first-order chi connectivity index (χ1) is 28.6. The Bertz CT molecular complexity index is 2520. The van der Waals surface area contributed by atoms with E-state index in [9.17, 15) is 24.0 Å². The molecular weight excluding hydrogens is 749 g/mol. The molecule has 2 aliphatic rings. The van der Waals surface area contributed by atoms with E-state index in [1.54, 1.807) is 58.5 Å². The summed E-state index contributed by atoms with van der Waals surface area (Å²) in [4.78, 5) is 81.6. The molecule has 2 fully saturated rings. The van der Waals surface area contributed by atoms with Crippen LogP contribution in [-0.2, 0) is 24.0 Å². The van der Waals surface area contributed by atoms with Crippen LogP contribution in [0.5, 0.6) is 0 Å². The van der Waals surface area contributed by atoms with Gasteiger partial charge in [-0.05, 0) is 73.2 Å². The van der Waals surface area contributed by atoms with Crippen LogP contribution in [0.2, 0.25) is 0 Å². The fourth-order valence-electron chi connectivity index (χ4n) is 8.06. The molecule has 4 heterocycles. The monoisotopic (exact) mass is 792 g/mol. The van der Waals surface area contributed by atoms with Gasteiger partial charge in [-0.3, -0.25) is 24.0 Å². The molecule has 4 aromatic carbocycles. The maximum Gasteiger partial charge on any atom is 0.250 e. The third-order valence-electron chi connectivity index (χ3n) is 10.8. The number of H-pyrrole nitrogens is 1. The number of nitrogens with one attached hydrogen (secondary N) is 4. The van der Waals surface area contributed by atoms with Crippen molar-refractivity contribution in [1.82, 2.24) is 35.4 Å². The predicted octanol–water partition coefficient (Wildman–Crippen LogP) is 6.23. The average molecular weight is 793 g/mol. The Labute approximate surface area is 340 Å². The van der Waals surface area contributed by atoms with Crippen LogP contribution in [0.25, 0.3) is 33.8 Å². The van der Waals surface area contributed by atoms with Crippen LogP contribution in [0.3, 0.4) is 0 Å². The van der Waals surface area contributed by atoms with E-state index in [1.165, 1.54) is 13.8 Å². The Hall–Kier alpha value is -7.09. The van der Waals surface area contributed by atoms with E-state index < -0.39 is 18.1 Å². The minimum Gasteiger partial charge on any atom is -0.436 e. The number of anilines is 1. The molecule has 5 amide bonds. The Balaban J connectivity index is 0.959. The van der Waals surface area contributed by atoms with Crippen molar-refractivity contribution >= 4 is 46.3 Å². The van der Waals surface area contributed by atoms with Gasteiger partial charge in [0, 0.05) is 43.8 Å². The average Bonchev–Trinajstić information content (AvgIpc) is 4.08. The lowest BCUT2D eigenvalue weighted by Crippen LogP contribution is -2.48. The first kappa shape index (κ1) is 38.8. The highest BCUT2D eigenvalue weighted by molar-refractivity contribution is 5.99. The number of fused-ring (bicyclic) bond motifs is 1. The van der Waals surface area contributed by atoms with Crippen molar-refractivity contribution in [2.24, 2.45) is 0 Å². The smallest absolute Gasteiger partial charge is 0.250 e. The standard InChI is InChI=1S/C45H44N8O6/c1-27(54)47-39(29-12-5-3-6-13-29)44(57)52-22-10-18-36(52)41-50-34-21-20-31(25-35(34)51-41)38-26-46-43(59-38)32-16-9-17-33(24-32)49-42(56)37-19-11-23-53(37)45(58)40(48-28(2)55)30-14-7-4-8-15-30/h3-9,12-17,20-21,24-26,36-37,39-40H,10-11,18-19,22-23H2,1-2H3,(H,47,54)(H,48,55)(H,49,56)(H,50,51)/t36-,37+,39-,40+/m0/s1. The SMILES string of the molecule is CC(=O)N[C@H](C(=O)N1CCC[C@H]1c1nc2ccc(-c3cnc(-c4cccc(NC(=O)[C@H]5CCCN5C(=O)[C@H](NC(C)=O)c5ccccc5)c4)o3)cc2[nH]1)c1ccccc1. The van der Waals surface area contributed by atoms with Crippen molar-refractivity contribution in [3.63, 3.8) is 0 Å². The number of aromatic nitrogens is 3. The number of imidazole rings is 1. The van der Waals surface area contributed by atoms with E-state index in [2.05, 4.69) is 25.9 Å². The van der Waals surface area contributed by atoms with Crippen molar-refractivity contribution in [1.29, 1.82) is 0 Å². The number of hydrogen-bond acceptors (Lipinski definition) is 8. The van der Waals surface area contributed by atoms with Crippen LogP contribution in [0.1, 0.15) is 74.6 Å². The fourth-order valence-corrected chi connectivity index (χ4v) is 8.06. The van der Waals surface area contributed by atoms with Gasteiger partial charge >= 0.3 is 0 Å². The molecule has 14 heteroatoms. The molecular formula is C45H44N8O6. The second kappa shape index (κ2) is 16.8. The first-order valence-electron chi connectivity index (χ1n) is 19.7. The molecule has 4 atom stereocenters. The largest absolute Gasteiger partial charge is 0.436 e. The lowest BCUT2D eigenvalue weighted by Gasteiger charge is -2.28. The number of aromatic amines is 1.